The van der Waals surface area contributed by atoms with Crippen molar-refractivity contribution >= 4 is 23.4 Å². The fourth-order valence-corrected chi connectivity index (χ4v) is 2.37. The monoisotopic (exact) mass is 307 g/mol. The van der Waals surface area contributed by atoms with Gasteiger partial charge in [0.1, 0.15) is 18.0 Å². The smallest absolute Gasteiger partial charge is 0.270 e. The highest BCUT2D eigenvalue weighted by Crippen LogP contribution is 2.34. The van der Waals surface area contributed by atoms with Crippen molar-refractivity contribution in [2.45, 2.75) is 18.0 Å². The molecular formula is C11H9F4N3OS. The van der Waals surface area contributed by atoms with E-state index >= 15 is 0 Å². The predicted octanol–water partition coefficient (Wildman–Crippen LogP) is 3.50. The lowest BCUT2D eigenvalue weighted by molar-refractivity contribution is -0.116. The lowest BCUT2D eigenvalue weighted by Crippen LogP contribution is -2.23. The van der Waals surface area contributed by atoms with E-state index < -0.39 is 23.7 Å². The molecule has 4 nitrogen and oxygen atoms in total. The minimum absolute atomic E-state index is 0.188. The summed E-state index contributed by atoms with van der Waals surface area (Å²) in [6, 6.07) is 2.26. The third-order valence-corrected chi connectivity index (χ3v) is 3.68. The predicted molar refractivity (Wildman–Crippen MR) is 65.1 cm³/mol. The average molecular weight is 307 g/mol. The molecule has 0 saturated heterocycles. The first-order valence-corrected chi connectivity index (χ1v) is 6.46. The second-order valence-electron chi connectivity index (χ2n) is 4.07. The molecule has 108 valence electrons. The maximum Gasteiger partial charge on any atom is 0.398 e. The van der Waals surface area contributed by atoms with Gasteiger partial charge in [0.05, 0.1) is 5.75 Å². The van der Waals surface area contributed by atoms with Gasteiger partial charge in [0, 0.05) is 4.90 Å². The van der Waals surface area contributed by atoms with Gasteiger partial charge in [-0.1, -0.05) is 5.22 Å². The Kier molecular flexibility index (Phi) is 3.98. The molecule has 20 heavy (non-hydrogen) atoms. The molecule has 1 aliphatic heterocycles. The molecule has 0 aromatic heterocycles. The van der Waals surface area contributed by atoms with Crippen LogP contribution in [-0.4, -0.2) is 24.4 Å². The zero-order valence-corrected chi connectivity index (χ0v) is 11.1. The molecule has 1 amide bonds. The van der Waals surface area contributed by atoms with Gasteiger partial charge in [-0.15, -0.1) is 11.8 Å². The molecule has 1 heterocycles. The summed E-state index contributed by atoms with van der Waals surface area (Å²) in [5.74, 6) is -2.35. The van der Waals surface area contributed by atoms with Crippen LogP contribution in [0.5, 0.6) is 0 Å². The SMILES string of the molecule is Cc1cc(F)c(N2N=NCC2=O)cc1SCC(F)(F)F. The minimum atomic E-state index is -4.32. The van der Waals surface area contributed by atoms with E-state index in [2.05, 4.69) is 10.3 Å². The van der Waals surface area contributed by atoms with Gasteiger partial charge in [-0.25, -0.2) is 4.39 Å². The van der Waals surface area contributed by atoms with E-state index in [1.54, 1.807) is 0 Å². The fourth-order valence-electron chi connectivity index (χ4n) is 1.57. The van der Waals surface area contributed by atoms with Crippen molar-refractivity contribution in [3.05, 3.63) is 23.5 Å². The molecule has 0 unspecified atom stereocenters. The first-order chi connectivity index (χ1) is 9.28. The number of anilines is 1. The summed E-state index contributed by atoms with van der Waals surface area (Å²) < 4.78 is 50.5. The van der Waals surface area contributed by atoms with E-state index in [4.69, 9.17) is 0 Å². The van der Waals surface area contributed by atoms with E-state index in [9.17, 15) is 22.4 Å². The molecule has 0 bridgehead atoms. The number of aryl methyl sites for hydroxylation is 1. The third kappa shape index (κ3) is 3.27. The summed E-state index contributed by atoms with van der Waals surface area (Å²) in [7, 11) is 0. The normalized spacial score (nSPS) is 15.2. The quantitative estimate of drug-likeness (QED) is 0.633. The number of halogens is 4. The number of alkyl halides is 3. The highest BCUT2D eigenvalue weighted by atomic mass is 32.2. The fraction of sp³-hybridized carbons (Fsp3) is 0.364. The van der Waals surface area contributed by atoms with Crippen LogP contribution < -0.4 is 5.01 Å². The van der Waals surface area contributed by atoms with E-state index in [0.717, 1.165) is 11.1 Å². The van der Waals surface area contributed by atoms with Gasteiger partial charge in [-0.05, 0) is 24.6 Å². The largest absolute Gasteiger partial charge is 0.398 e. The van der Waals surface area contributed by atoms with Gasteiger partial charge < -0.3 is 0 Å². The number of hydrogen-bond donors (Lipinski definition) is 0. The molecule has 1 aromatic carbocycles. The molecule has 0 saturated carbocycles. The molecule has 0 atom stereocenters. The first kappa shape index (κ1) is 14.8. The van der Waals surface area contributed by atoms with Crippen LogP contribution in [-0.2, 0) is 4.79 Å². The van der Waals surface area contributed by atoms with Gasteiger partial charge in [-0.2, -0.15) is 23.3 Å². The second-order valence-corrected chi connectivity index (χ2v) is 5.08. The number of thioether (sulfide) groups is 1. The van der Waals surface area contributed by atoms with E-state index in [1.807, 2.05) is 0 Å². The standard InChI is InChI=1S/C11H9F4N3OS/c1-6-2-7(12)8(18-10(19)4-16-17-18)3-9(6)20-5-11(13,14)15/h2-3H,4-5H2,1H3. The van der Waals surface area contributed by atoms with Gasteiger partial charge in [0.25, 0.3) is 5.91 Å². The Balaban J connectivity index is 2.30. The number of nitrogens with zero attached hydrogens (tertiary/aromatic N) is 3. The maximum atomic E-state index is 13.8. The topological polar surface area (TPSA) is 45.0 Å². The Morgan fingerprint density at radius 2 is 2.10 bits per heavy atom. The average Bonchev–Trinajstić information content (AvgIpc) is 2.73. The number of benzene rings is 1. The lowest BCUT2D eigenvalue weighted by Gasteiger charge is -2.15. The number of rotatable bonds is 3. The Hall–Kier alpha value is -1.64. The van der Waals surface area contributed by atoms with Crippen molar-refractivity contribution < 1.29 is 22.4 Å². The first-order valence-electron chi connectivity index (χ1n) is 5.48. The molecular weight excluding hydrogens is 298 g/mol. The molecule has 0 aliphatic carbocycles. The zero-order chi connectivity index (χ0) is 14.9. The van der Waals surface area contributed by atoms with Gasteiger partial charge >= 0.3 is 6.18 Å². The summed E-state index contributed by atoms with van der Waals surface area (Å²) in [6.07, 6.45) is -4.32. The van der Waals surface area contributed by atoms with Crippen molar-refractivity contribution in [3.63, 3.8) is 0 Å². The highest BCUT2D eigenvalue weighted by Gasteiger charge is 2.29. The number of carbonyl (C=O) groups is 1. The van der Waals surface area contributed by atoms with Gasteiger partial charge in [-0.3, -0.25) is 4.79 Å². The molecule has 0 radical (unpaired) electrons. The van der Waals surface area contributed by atoms with Gasteiger partial charge in [0.2, 0.25) is 0 Å². The Labute approximate surface area is 115 Å². The van der Waals surface area contributed by atoms with E-state index in [1.165, 1.54) is 13.0 Å². The van der Waals surface area contributed by atoms with Crippen molar-refractivity contribution in [3.8, 4) is 0 Å². The van der Waals surface area contributed by atoms with Crippen LogP contribution in [0.15, 0.2) is 27.4 Å². The maximum absolute atomic E-state index is 13.8. The molecule has 0 N–H and O–H groups in total. The summed E-state index contributed by atoms with van der Waals surface area (Å²) >= 11 is 0.535. The van der Waals surface area contributed by atoms with Crippen molar-refractivity contribution in [1.29, 1.82) is 0 Å². The summed E-state index contributed by atoms with van der Waals surface area (Å²) in [6.45, 7) is 1.30. The van der Waals surface area contributed by atoms with E-state index in [-0.39, 0.29) is 17.1 Å². The second kappa shape index (κ2) is 5.39. The summed E-state index contributed by atoms with van der Waals surface area (Å²) in [4.78, 5) is 11.7. The molecule has 2 rings (SSSR count). The summed E-state index contributed by atoms with van der Waals surface area (Å²) in [5, 5.41) is 7.67. The molecule has 1 aromatic rings. The van der Waals surface area contributed by atoms with Gasteiger partial charge in [0.15, 0.2) is 0 Å². The minimum Gasteiger partial charge on any atom is -0.270 e. The van der Waals surface area contributed by atoms with Crippen LogP contribution >= 0.6 is 11.8 Å². The third-order valence-electron chi connectivity index (χ3n) is 2.46. The zero-order valence-electron chi connectivity index (χ0n) is 10.2. The van der Waals surface area contributed by atoms with Crippen molar-refractivity contribution in [2.75, 3.05) is 17.3 Å². The van der Waals surface area contributed by atoms with E-state index in [0.29, 0.717) is 17.3 Å². The van der Waals surface area contributed by atoms with Crippen LogP contribution in [0.3, 0.4) is 0 Å². The van der Waals surface area contributed by atoms with Crippen molar-refractivity contribution in [2.24, 2.45) is 10.3 Å². The molecule has 0 spiro atoms. The summed E-state index contributed by atoms with van der Waals surface area (Å²) in [5.41, 5.74) is 0.176. The van der Waals surface area contributed by atoms with Crippen LogP contribution in [0.4, 0.5) is 23.2 Å². The van der Waals surface area contributed by atoms with Crippen molar-refractivity contribution in [1.82, 2.24) is 0 Å². The molecule has 1 aliphatic rings. The molecule has 9 heteroatoms. The van der Waals surface area contributed by atoms with Crippen LogP contribution in [0.1, 0.15) is 5.56 Å². The number of amides is 1. The van der Waals surface area contributed by atoms with Crippen LogP contribution in [0.25, 0.3) is 0 Å². The number of hydrogen-bond acceptors (Lipinski definition) is 4. The Morgan fingerprint density at radius 1 is 1.40 bits per heavy atom. The Morgan fingerprint density at radius 3 is 2.65 bits per heavy atom. The Bertz CT molecular complexity index is 574. The lowest BCUT2D eigenvalue weighted by atomic mass is 10.2. The highest BCUT2D eigenvalue weighted by molar-refractivity contribution is 7.99. The van der Waals surface area contributed by atoms with Crippen LogP contribution in [0, 0.1) is 12.7 Å². The number of carbonyl (C=O) groups excluding carboxylic acids is 1. The van der Waals surface area contributed by atoms with Crippen LogP contribution in [0.2, 0.25) is 0 Å². The molecule has 0 fully saturated rings.